The van der Waals surface area contributed by atoms with Crippen molar-refractivity contribution in [1.82, 2.24) is 5.32 Å². The van der Waals surface area contributed by atoms with Gasteiger partial charge in [-0.2, -0.15) is 0 Å². The van der Waals surface area contributed by atoms with Crippen LogP contribution in [0.4, 0.5) is 0 Å². The molecule has 0 saturated heterocycles. The van der Waals surface area contributed by atoms with E-state index in [2.05, 4.69) is 21.2 Å². The van der Waals surface area contributed by atoms with Gasteiger partial charge in [-0.1, -0.05) is 6.42 Å². The zero-order chi connectivity index (χ0) is 12.3. The summed E-state index contributed by atoms with van der Waals surface area (Å²) in [5.74, 6) is 0.262. The molecule has 1 fully saturated rings. The molecule has 17 heavy (non-hydrogen) atoms. The predicted molar refractivity (Wildman–Crippen MR) is 73.8 cm³/mol. The van der Waals surface area contributed by atoms with Gasteiger partial charge in [0.2, 0.25) is 5.91 Å². The van der Waals surface area contributed by atoms with E-state index in [0.29, 0.717) is 6.54 Å². The molecular formula is C12H17BrN2OS. The lowest BCUT2D eigenvalue weighted by atomic mass is 9.85. The van der Waals surface area contributed by atoms with Crippen LogP contribution in [0.3, 0.4) is 0 Å². The topological polar surface area (TPSA) is 55.1 Å². The molecule has 1 aromatic heterocycles. The van der Waals surface area contributed by atoms with Gasteiger partial charge >= 0.3 is 0 Å². The molecule has 0 aliphatic heterocycles. The molecule has 2 unspecified atom stereocenters. The molecule has 0 radical (unpaired) electrons. The number of carbonyl (C=O) groups excluding carboxylic acids is 1. The van der Waals surface area contributed by atoms with Crippen molar-refractivity contribution in [2.24, 2.45) is 11.7 Å². The highest BCUT2D eigenvalue weighted by Crippen LogP contribution is 2.25. The Morgan fingerprint density at radius 3 is 3.06 bits per heavy atom. The Labute approximate surface area is 114 Å². The Morgan fingerprint density at radius 1 is 1.59 bits per heavy atom. The molecule has 1 amide bonds. The lowest BCUT2D eigenvalue weighted by Crippen LogP contribution is -2.37. The summed E-state index contributed by atoms with van der Waals surface area (Å²) < 4.78 is 1.07. The van der Waals surface area contributed by atoms with Crippen LogP contribution in [-0.2, 0) is 11.3 Å². The smallest absolute Gasteiger partial charge is 0.223 e. The molecule has 5 heteroatoms. The quantitative estimate of drug-likeness (QED) is 0.900. The molecule has 94 valence electrons. The molecule has 0 bridgehead atoms. The molecule has 1 aromatic rings. The monoisotopic (exact) mass is 316 g/mol. The number of amides is 1. The van der Waals surface area contributed by atoms with Crippen molar-refractivity contribution in [3.05, 3.63) is 20.8 Å². The van der Waals surface area contributed by atoms with Crippen molar-refractivity contribution < 1.29 is 4.79 Å². The minimum absolute atomic E-state index is 0.109. The molecular weight excluding hydrogens is 300 g/mol. The molecule has 1 aliphatic carbocycles. The van der Waals surface area contributed by atoms with Crippen molar-refractivity contribution >= 4 is 33.2 Å². The number of hydrogen-bond donors (Lipinski definition) is 2. The molecule has 2 rings (SSSR count). The highest BCUT2D eigenvalue weighted by Gasteiger charge is 2.25. The van der Waals surface area contributed by atoms with Crippen molar-refractivity contribution in [1.29, 1.82) is 0 Å². The number of thiophene rings is 1. The van der Waals surface area contributed by atoms with Crippen LogP contribution in [0.1, 0.15) is 30.6 Å². The molecule has 3 nitrogen and oxygen atoms in total. The fourth-order valence-electron chi connectivity index (χ4n) is 2.23. The van der Waals surface area contributed by atoms with Gasteiger partial charge in [0.1, 0.15) is 0 Å². The lowest BCUT2D eigenvalue weighted by Gasteiger charge is -2.25. The number of nitrogens with two attached hydrogens (primary N) is 1. The molecule has 1 saturated carbocycles. The maximum atomic E-state index is 12.0. The molecule has 1 aliphatic rings. The van der Waals surface area contributed by atoms with E-state index < -0.39 is 0 Å². The van der Waals surface area contributed by atoms with Gasteiger partial charge in [-0.15, -0.1) is 11.3 Å². The van der Waals surface area contributed by atoms with Crippen LogP contribution in [0.15, 0.2) is 15.9 Å². The predicted octanol–water partition coefficient (Wildman–Crippen LogP) is 2.64. The van der Waals surface area contributed by atoms with Gasteiger partial charge < -0.3 is 11.1 Å². The van der Waals surface area contributed by atoms with E-state index >= 15 is 0 Å². The molecule has 3 N–H and O–H groups in total. The van der Waals surface area contributed by atoms with E-state index in [-0.39, 0.29) is 17.9 Å². The van der Waals surface area contributed by atoms with Crippen molar-refractivity contribution in [2.75, 3.05) is 0 Å². The van der Waals surface area contributed by atoms with E-state index in [0.717, 1.165) is 30.2 Å². The van der Waals surface area contributed by atoms with Crippen LogP contribution in [0.25, 0.3) is 0 Å². The van der Waals surface area contributed by atoms with E-state index in [1.165, 1.54) is 4.88 Å². The molecule has 0 spiro atoms. The second-order valence-corrected chi connectivity index (χ2v) is 6.39. The first kappa shape index (κ1) is 13.1. The maximum Gasteiger partial charge on any atom is 0.223 e. The van der Waals surface area contributed by atoms with Gasteiger partial charge in [-0.25, -0.2) is 0 Å². The third-order valence-corrected chi connectivity index (χ3v) is 5.13. The Hall–Kier alpha value is -0.390. The zero-order valence-corrected chi connectivity index (χ0v) is 12.0. The van der Waals surface area contributed by atoms with Crippen molar-refractivity contribution in [2.45, 2.75) is 38.3 Å². The van der Waals surface area contributed by atoms with Crippen LogP contribution >= 0.6 is 27.3 Å². The Morgan fingerprint density at radius 2 is 2.41 bits per heavy atom. The summed E-state index contributed by atoms with van der Waals surface area (Å²) in [7, 11) is 0. The van der Waals surface area contributed by atoms with E-state index in [1.807, 2.05) is 11.4 Å². The van der Waals surface area contributed by atoms with E-state index in [9.17, 15) is 4.79 Å². The van der Waals surface area contributed by atoms with Crippen molar-refractivity contribution in [3.8, 4) is 0 Å². The zero-order valence-electron chi connectivity index (χ0n) is 9.62. The minimum atomic E-state index is 0.109. The number of halogens is 1. The van der Waals surface area contributed by atoms with Crippen LogP contribution in [0, 0.1) is 5.92 Å². The minimum Gasteiger partial charge on any atom is -0.351 e. The summed E-state index contributed by atoms with van der Waals surface area (Å²) in [6.45, 7) is 0.614. The molecule has 1 heterocycles. The van der Waals surface area contributed by atoms with Gasteiger partial charge in [-0.3, -0.25) is 4.79 Å². The highest BCUT2D eigenvalue weighted by molar-refractivity contribution is 9.10. The van der Waals surface area contributed by atoms with Crippen LogP contribution in [0.5, 0.6) is 0 Å². The first-order valence-corrected chi connectivity index (χ1v) is 7.59. The van der Waals surface area contributed by atoms with Gasteiger partial charge in [0.05, 0.1) is 6.54 Å². The second-order valence-electron chi connectivity index (χ2n) is 4.53. The Kier molecular flexibility index (Phi) is 4.59. The number of nitrogens with one attached hydrogen (secondary N) is 1. The van der Waals surface area contributed by atoms with Gasteiger partial charge in [-0.05, 0) is 46.6 Å². The fourth-order valence-corrected chi connectivity index (χ4v) is 3.66. The van der Waals surface area contributed by atoms with Crippen LogP contribution in [0.2, 0.25) is 0 Å². The lowest BCUT2D eigenvalue weighted by molar-refractivity contribution is -0.126. The largest absolute Gasteiger partial charge is 0.351 e. The summed E-state index contributed by atoms with van der Waals surface area (Å²) in [5, 5.41) is 5.02. The first-order valence-electron chi connectivity index (χ1n) is 5.92. The van der Waals surface area contributed by atoms with E-state index in [1.54, 1.807) is 11.3 Å². The van der Waals surface area contributed by atoms with Crippen molar-refractivity contribution in [3.63, 3.8) is 0 Å². The Balaban J connectivity index is 1.83. The summed E-state index contributed by atoms with van der Waals surface area (Å²) >= 11 is 5.11. The number of hydrogen-bond acceptors (Lipinski definition) is 3. The molecule has 2 atom stereocenters. The standard InChI is InChI=1S/C12H17BrN2OS/c13-10-4-5-17-11(10)7-15-12(16)8-2-1-3-9(14)6-8/h4-5,8-9H,1-3,6-7,14H2,(H,15,16). The summed E-state index contributed by atoms with van der Waals surface area (Å²) in [6, 6.07) is 2.20. The SMILES string of the molecule is NC1CCCC(C(=O)NCc2sccc2Br)C1. The normalized spacial score (nSPS) is 24.6. The van der Waals surface area contributed by atoms with Gasteiger partial charge in [0.25, 0.3) is 0 Å². The summed E-state index contributed by atoms with van der Waals surface area (Å²) in [6.07, 6.45) is 3.94. The fraction of sp³-hybridized carbons (Fsp3) is 0.583. The molecule has 0 aromatic carbocycles. The third-order valence-electron chi connectivity index (χ3n) is 3.20. The number of rotatable bonds is 3. The first-order chi connectivity index (χ1) is 8.16. The third kappa shape index (κ3) is 3.53. The average molecular weight is 317 g/mol. The maximum absolute atomic E-state index is 12.0. The van der Waals surface area contributed by atoms with Crippen LogP contribution in [-0.4, -0.2) is 11.9 Å². The number of carbonyl (C=O) groups is 1. The van der Waals surface area contributed by atoms with Gasteiger partial charge in [0, 0.05) is 21.3 Å². The van der Waals surface area contributed by atoms with Crippen LogP contribution < -0.4 is 11.1 Å². The average Bonchev–Trinajstić information content (AvgIpc) is 2.72. The Bertz CT molecular complexity index is 394. The highest BCUT2D eigenvalue weighted by atomic mass is 79.9. The van der Waals surface area contributed by atoms with Gasteiger partial charge in [0.15, 0.2) is 0 Å². The second kappa shape index (κ2) is 5.98. The van der Waals surface area contributed by atoms with E-state index in [4.69, 9.17) is 5.73 Å². The summed E-state index contributed by atoms with van der Waals surface area (Å²) in [4.78, 5) is 13.1. The summed E-state index contributed by atoms with van der Waals surface area (Å²) in [5.41, 5.74) is 5.89.